The first-order valence-corrected chi connectivity index (χ1v) is 6.99. The monoisotopic (exact) mass is 298 g/mol. The maximum absolute atomic E-state index is 5.75. The molecule has 21 heavy (non-hydrogen) atoms. The SMILES string of the molecule is C/C(=N/NC(=S)Nc1ccc(C)cc1)c1cccc(N)c1. The predicted molar refractivity (Wildman–Crippen MR) is 93.6 cm³/mol. The van der Waals surface area contributed by atoms with E-state index in [1.807, 2.05) is 62.4 Å². The van der Waals surface area contributed by atoms with Gasteiger partial charge in [-0.05, 0) is 55.9 Å². The van der Waals surface area contributed by atoms with E-state index in [1.165, 1.54) is 5.56 Å². The Morgan fingerprint density at radius 1 is 1.14 bits per heavy atom. The summed E-state index contributed by atoms with van der Waals surface area (Å²) in [5.74, 6) is 0. The van der Waals surface area contributed by atoms with Crippen LogP contribution in [-0.4, -0.2) is 10.8 Å². The molecule has 0 radical (unpaired) electrons. The Kier molecular flexibility index (Phi) is 4.90. The Morgan fingerprint density at radius 3 is 2.52 bits per heavy atom. The second-order valence-corrected chi connectivity index (χ2v) is 5.16. The number of rotatable bonds is 3. The van der Waals surface area contributed by atoms with Crippen molar-refractivity contribution >= 4 is 34.4 Å². The van der Waals surface area contributed by atoms with E-state index in [-0.39, 0.29) is 0 Å². The summed E-state index contributed by atoms with van der Waals surface area (Å²) in [6.45, 7) is 3.94. The number of hydrazone groups is 1. The Balaban J connectivity index is 1.96. The summed E-state index contributed by atoms with van der Waals surface area (Å²) >= 11 is 5.21. The first kappa shape index (κ1) is 15.0. The van der Waals surface area contributed by atoms with Crippen LogP contribution in [0.2, 0.25) is 0 Å². The van der Waals surface area contributed by atoms with Crippen LogP contribution in [0.1, 0.15) is 18.1 Å². The lowest BCUT2D eigenvalue weighted by atomic mass is 10.1. The van der Waals surface area contributed by atoms with Gasteiger partial charge in [-0.3, -0.25) is 5.43 Å². The highest BCUT2D eigenvalue weighted by atomic mass is 32.1. The molecule has 0 spiro atoms. The van der Waals surface area contributed by atoms with Gasteiger partial charge >= 0.3 is 0 Å². The summed E-state index contributed by atoms with van der Waals surface area (Å²) in [5, 5.41) is 7.78. The average Bonchev–Trinajstić information content (AvgIpc) is 2.47. The zero-order chi connectivity index (χ0) is 15.2. The van der Waals surface area contributed by atoms with Crippen LogP contribution in [0.25, 0.3) is 0 Å². The van der Waals surface area contributed by atoms with Crippen molar-refractivity contribution in [2.75, 3.05) is 11.1 Å². The van der Waals surface area contributed by atoms with Crippen LogP contribution in [0.4, 0.5) is 11.4 Å². The molecular weight excluding hydrogens is 280 g/mol. The third-order valence-corrected chi connectivity index (χ3v) is 3.13. The van der Waals surface area contributed by atoms with Gasteiger partial charge in [0.25, 0.3) is 0 Å². The van der Waals surface area contributed by atoms with E-state index in [4.69, 9.17) is 18.0 Å². The fourth-order valence-corrected chi connectivity index (χ4v) is 1.92. The van der Waals surface area contributed by atoms with E-state index in [0.717, 1.165) is 17.0 Å². The highest BCUT2D eigenvalue weighted by Crippen LogP contribution is 2.09. The first-order valence-electron chi connectivity index (χ1n) is 6.58. The van der Waals surface area contributed by atoms with Crippen molar-refractivity contribution in [1.29, 1.82) is 0 Å². The van der Waals surface area contributed by atoms with Crippen molar-refractivity contribution in [2.45, 2.75) is 13.8 Å². The van der Waals surface area contributed by atoms with Crippen molar-refractivity contribution in [3.05, 3.63) is 59.7 Å². The molecule has 0 bridgehead atoms. The number of hydrogen-bond acceptors (Lipinski definition) is 3. The minimum absolute atomic E-state index is 0.446. The molecule has 0 heterocycles. The number of hydrogen-bond donors (Lipinski definition) is 3. The zero-order valence-corrected chi connectivity index (χ0v) is 12.9. The molecule has 0 aliphatic heterocycles. The van der Waals surface area contributed by atoms with Gasteiger partial charge in [0.1, 0.15) is 0 Å². The van der Waals surface area contributed by atoms with Crippen LogP contribution in [0.5, 0.6) is 0 Å². The standard InChI is InChI=1S/C16H18N4S/c1-11-6-8-15(9-7-11)18-16(21)20-19-12(2)13-4-3-5-14(17)10-13/h3-10H,17H2,1-2H3,(H2,18,20,21)/b19-12-. The molecule has 0 unspecified atom stereocenters. The average molecular weight is 298 g/mol. The number of anilines is 2. The minimum Gasteiger partial charge on any atom is -0.399 e. The molecule has 0 aromatic heterocycles. The number of nitrogens with zero attached hydrogens (tertiary/aromatic N) is 1. The highest BCUT2D eigenvalue weighted by Gasteiger charge is 1.99. The van der Waals surface area contributed by atoms with Crippen molar-refractivity contribution in [1.82, 2.24) is 5.43 Å². The number of thiocarbonyl (C=S) groups is 1. The fraction of sp³-hybridized carbons (Fsp3) is 0.125. The number of nitrogens with two attached hydrogens (primary N) is 1. The van der Waals surface area contributed by atoms with E-state index >= 15 is 0 Å². The Bertz CT molecular complexity index is 662. The van der Waals surface area contributed by atoms with Crippen molar-refractivity contribution in [3.8, 4) is 0 Å². The highest BCUT2D eigenvalue weighted by molar-refractivity contribution is 7.80. The van der Waals surface area contributed by atoms with Crippen LogP contribution in [0.15, 0.2) is 53.6 Å². The van der Waals surface area contributed by atoms with Gasteiger partial charge in [0.05, 0.1) is 5.71 Å². The summed E-state index contributed by atoms with van der Waals surface area (Å²) in [6.07, 6.45) is 0. The third-order valence-electron chi connectivity index (χ3n) is 2.94. The first-order chi connectivity index (χ1) is 10.0. The smallest absolute Gasteiger partial charge is 0.191 e. The molecule has 5 heteroatoms. The normalized spacial score (nSPS) is 11.0. The van der Waals surface area contributed by atoms with E-state index in [0.29, 0.717) is 10.8 Å². The fourth-order valence-electron chi connectivity index (χ4n) is 1.76. The molecular formula is C16H18N4S. The molecule has 0 amide bonds. The van der Waals surface area contributed by atoms with E-state index < -0.39 is 0 Å². The van der Waals surface area contributed by atoms with E-state index in [9.17, 15) is 0 Å². The molecule has 2 aromatic carbocycles. The van der Waals surface area contributed by atoms with Crippen molar-refractivity contribution in [2.24, 2.45) is 5.10 Å². The maximum Gasteiger partial charge on any atom is 0.191 e. The van der Waals surface area contributed by atoms with Gasteiger partial charge in [0.15, 0.2) is 5.11 Å². The molecule has 0 atom stereocenters. The van der Waals surface area contributed by atoms with Crippen LogP contribution >= 0.6 is 12.2 Å². The Morgan fingerprint density at radius 2 is 1.86 bits per heavy atom. The predicted octanol–water partition coefficient (Wildman–Crippen LogP) is 3.29. The van der Waals surface area contributed by atoms with Gasteiger partial charge in [0.2, 0.25) is 0 Å². The topological polar surface area (TPSA) is 62.4 Å². The number of benzene rings is 2. The molecule has 108 valence electrons. The van der Waals surface area contributed by atoms with Gasteiger partial charge in [-0.2, -0.15) is 5.10 Å². The van der Waals surface area contributed by atoms with E-state index in [1.54, 1.807) is 0 Å². The molecule has 0 aliphatic carbocycles. The van der Waals surface area contributed by atoms with Crippen LogP contribution < -0.4 is 16.5 Å². The second kappa shape index (κ2) is 6.85. The lowest BCUT2D eigenvalue weighted by molar-refractivity contribution is 1.04. The van der Waals surface area contributed by atoms with Gasteiger partial charge in [-0.1, -0.05) is 29.8 Å². The third kappa shape index (κ3) is 4.57. The van der Waals surface area contributed by atoms with Gasteiger partial charge in [-0.15, -0.1) is 0 Å². The second-order valence-electron chi connectivity index (χ2n) is 4.75. The van der Waals surface area contributed by atoms with Crippen molar-refractivity contribution in [3.63, 3.8) is 0 Å². The molecule has 0 saturated heterocycles. The number of aryl methyl sites for hydroxylation is 1. The molecule has 0 fully saturated rings. The quantitative estimate of drug-likeness (QED) is 0.352. The van der Waals surface area contributed by atoms with Crippen LogP contribution in [-0.2, 0) is 0 Å². The lowest BCUT2D eigenvalue weighted by Gasteiger charge is -2.08. The molecule has 0 aliphatic rings. The molecule has 4 nitrogen and oxygen atoms in total. The summed E-state index contributed by atoms with van der Waals surface area (Å²) in [6, 6.07) is 15.5. The van der Waals surface area contributed by atoms with E-state index in [2.05, 4.69) is 15.8 Å². The molecule has 2 rings (SSSR count). The summed E-state index contributed by atoms with van der Waals surface area (Å²) in [7, 11) is 0. The number of nitrogens with one attached hydrogen (secondary N) is 2. The van der Waals surface area contributed by atoms with Crippen LogP contribution in [0.3, 0.4) is 0 Å². The van der Waals surface area contributed by atoms with Gasteiger partial charge in [0, 0.05) is 11.4 Å². The minimum atomic E-state index is 0.446. The van der Waals surface area contributed by atoms with Crippen LogP contribution in [0, 0.1) is 6.92 Å². The Hall–Kier alpha value is -2.40. The van der Waals surface area contributed by atoms with Gasteiger partial charge < -0.3 is 11.1 Å². The molecule has 0 saturated carbocycles. The summed E-state index contributed by atoms with van der Waals surface area (Å²) < 4.78 is 0. The maximum atomic E-state index is 5.75. The zero-order valence-electron chi connectivity index (χ0n) is 12.1. The molecule has 2 aromatic rings. The Labute approximate surface area is 130 Å². The molecule has 4 N–H and O–H groups in total. The van der Waals surface area contributed by atoms with Gasteiger partial charge in [-0.25, -0.2) is 0 Å². The summed E-state index contributed by atoms with van der Waals surface area (Å²) in [5.41, 5.74) is 13.2. The van der Waals surface area contributed by atoms with Crippen molar-refractivity contribution < 1.29 is 0 Å². The largest absolute Gasteiger partial charge is 0.399 e. The number of nitrogen functional groups attached to an aromatic ring is 1. The lowest BCUT2D eigenvalue weighted by Crippen LogP contribution is -2.24. The summed E-state index contributed by atoms with van der Waals surface area (Å²) in [4.78, 5) is 0.